The predicted molar refractivity (Wildman–Crippen MR) is 77.7 cm³/mol. The maximum absolute atomic E-state index is 12.0. The fourth-order valence-electron chi connectivity index (χ4n) is 1.70. The van der Waals surface area contributed by atoms with E-state index in [9.17, 15) is 9.59 Å². The minimum atomic E-state index is -0.911. The second-order valence-corrected chi connectivity index (χ2v) is 5.00. The number of carboxylic acid groups (broad SMARTS) is 1. The van der Waals surface area contributed by atoms with Crippen LogP contribution in [0, 0.1) is 5.92 Å². The van der Waals surface area contributed by atoms with Crippen molar-refractivity contribution < 1.29 is 14.7 Å². The summed E-state index contributed by atoms with van der Waals surface area (Å²) < 4.78 is 0. The summed E-state index contributed by atoms with van der Waals surface area (Å²) in [5.41, 5.74) is 0.896. The van der Waals surface area contributed by atoms with Crippen LogP contribution in [0.25, 0.3) is 0 Å². The van der Waals surface area contributed by atoms with Crippen LogP contribution < -0.4 is 5.32 Å². The molecule has 0 heterocycles. The first-order chi connectivity index (χ1) is 9.43. The molecule has 0 aromatic heterocycles. The highest BCUT2D eigenvalue weighted by Crippen LogP contribution is 2.10. The molecule has 2 amide bonds. The molecule has 0 saturated heterocycles. The van der Waals surface area contributed by atoms with Gasteiger partial charge in [0.2, 0.25) is 0 Å². The second-order valence-electron chi connectivity index (χ2n) is 4.57. The fourth-order valence-corrected chi connectivity index (χ4v) is 1.91. The standard InChI is InChI=1S/C14H19ClN2O3/c1-3-17(9-10(2)13(18)19)14(20)16-8-11-5-4-6-12(15)7-11/h4-7,10H,3,8-9H2,1-2H3,(H,16,20)(H,18,19). The maximum atomic E-state index is 12.0. The molecule has 6 heteroatoms. The van der Waals surface area contributed by atoms with Crippen LogP contribution in [0.2, 0.25) is 5.02 Å². The Morgan fingerprint density at radius 1 is 1.45 bits per heavy atom. The number of nitrogens with one attached hydrogen (secondary N) is 1. The Kier molecular flexibility index (Phi) is 6.31. The van der Waals surface area contributed by atoms with Crippen molar-refractivity contribution in [2.75, 3.05) is 13.1 Å². The van der Waals surface area contributed by atoms with Crippen LogP contribution in [0.4, 0.5) is 4.79 Å². The summed E-state index contributed by atoms with van der Waals surface area (Å²) in [4.78, 5) is 24.3. The van der Waals surface area contributed by atoms with Crippen molar-refractivity contribution >= 4 is 23.6 Å². The number of hydrogen-bond acceptors (Lipinski definition) is 2. The zero-order valence-corrected chi connectivity index (χ0v) is 12.4. The lowest BCUT2D eigenvalue weighted by Crippen LogP contribution is -2.42. The molecule has 0 fully saturated rings. The molecular weight excluding hydrogens is 280 g/mol. The summed E-state index contributed by atoms with van der Waals surface area (Å²) >= 11 is 5.87. The number of rotatable bonds is 6. The topological polar surface area (TPSA) is 69.6 Å². The van der Waals surface area contributed by atoms with Crippen LogP contribution in [-0.4, -0.2) is 35.1 Å². The SMILES string of the molecule is CCN(CC(C)C(=O)O)C(=O)NCc1cccc(Cl)c1. The van der Waals surface area contributed by atoms with Crippen molar-refractivity contribution in [3.8, 4) is 0 Å². The zero-order chi connectivity index (χ0) is 15.1. The first kappa shape index (κ1) is 16.3. The molecule has 0 aliphatic heterocycles. The monoisotopic (exact) mass is 298 g/mol. The highest BCUT2D eigenvalue weighted by atomic mass is 35.5. The van der Waals surface area contributed by atoms with Crippen molar-refractivity contribution in [3.63, 3.8) is 0 Å². The van der Waals surface area contributed by atoms with E-state index < -0.39 is 11.9 Å². The van der Waals surface area contributed by atoms with Gasteiger partial charge in [-0.1, -0.05) is 30.7 Å². The van der Waals surface area contributed by atoms with Gasteiger partial charge < -0.3 is 15.3 Å². The van der Waals surface area contributed by atoms with E-state index in [-0.39, 0.29) is 12.6 Å². The summed E-state index contributed by atoms with van der Waals surface area (Å²) in [6.07, 6.45) is 0. The number of nitrogens with zero attached hydrogens (tertiary/aromatic N) is 1. The van der Waals surface area contributed by atoms with Gasteiger partial charge in [-0.05, 0) is 24.6 Å². The number of hydrogen-bond donors (Lipinski definition) is 2. The zero-order valence-electron chi connectivity index (χ0n) is 11.6. The number of benzene rings is 1. The molecule has 1 rings (SSSR count). The second kappa shape index (κ2) is 7.75. The fraction of sp³-hybridized carbons (Fsp3) is 0.429. The van der Waals surface area contributed by atoms with Gasteiger partial charge in [0.25, 0.3) is 0 Å². The molecule has 1 atom stereocenters. The third kappa shape index (κ3) is 5.09. The molecule has 0 radical (unpaired) electrons. The van der Waals surface area contributed by atoms with Crippen LogP contribution in [-0.2, 0) is 11.3 Å². The van der Waals surface area contributed by atoms with Gasteiger partial charge in [-0.25, -0.2) is 4.79 Å². The lowest BCUT2D eigenvalue weighted by Gasteiger charge is -2.23. The van der Waals surface area contributed by atoms with Gasteiger partial charge in [0.05, 0.1) is 5.92 Å². The van der Waals surface area contributed by atoms with Crippen molar-refractivity contribution in [3.05, 3.63) is 34.9 Å². The molecule has 0 aliphatic rings. The highest BCUT2D eigenvalue weighted by Gasteiger charge is 2.18. The van der Waals surface area contributed by atoms with Crippen LogP contribution in [0.5, 0.6) is 0 Å². The van der Waals surface area contributed by atoms with E-state index in [0.29, 0.717) is 18.1 Å². The van der Waals surface area contributed by atoms with E-state index >= 15 is 0 Å². The summed E-state index contributed by atoms with van der Waals surface area (Å²) in [5.74, 6) is -1.50. The molecule has 0 bridgehead atoms. The Hall–Kier alpha value is -1.75. The minimum absolute atomic E-state index is 0.188. The molecule has 0 spiro atoms. The third-order valence-corrected chi connectivity index (χ3v) is 3.15. The summed E-state index contributed by atoms with van der Waals surface area (Å²) in [5, 5.41) is 12.2. The molecule has 1 unspecified atom stereocenters. The molecule has 0 aliphatic carbocycles. The quantitative estimate of drug-likeness (QED) is 0.848. The number of amides is 2. The van der Waals surface area contributed by atoms with E-state index in [1.165, 1.54) is 4.90 Å². The lowest BCUT2D eigenvalue weighted by atomic mass is 10.2. The van der Waals surface area contributed by atoms with Gasteiger partial charge in [-0.15, -0.1) is 0 Å². The first-order valence-electron chi connectivity index (χ1n) is 6.44. The third-order valence-electron chi connectivity index (χ3n) is 2.92. The Bertz CT molecular complexity index is 479. The smallest absolute Gasteiger partial charge is 0.317 e. The summed E-state index contributed by atoms with van der Waals surface area (Å²) in [6.45, 7) is 4.40. The minimum Gasteiger partial charge on any atom is -0.481 e. The van der Waals surface area contributed by atoms with E-state index in [1.54, 1.807) is 19.1 Å². The molecule has 5 nitrogen and oxygen atoms in total. The number of carboxylic acids is 1. The van der Waals surface area contributed by atoms with Gasteiger partial charge in [0, 0.05) is 24.7 Å². The van der Waals surface area contributed by atoms with Crippen LogP contribution in [0.3, 0.4) is 0 Å². The van der Waals surface area contributed by atoms with Crippen molar-refractivity contribution in [2.45, 2.75) is 20.4 Å². The summed E-state index contributed by atoms with van der Waals surface area (Å²) in [7, 11) is 0. The van der Waals surface area contributed by atoms with E-state index in [1.807, 2.05) is 19.1 Å². The molecule has 110 valence electrons. The Balaban J connectivity index is 2.53. The number of carbonyl (C=O) groups is 2. The van der Waals surface area contributed by atoms with Gasteiger partial charge in [0.1, 0.15) is 0 Å². The molecule has 1 aromatic carbocycles. The van der Waals surface area contributed by atoms with Crippen LogP contribution in [0.15, 0.2) is 24.3 Å². The van der Waals surface area contributed by atoms with Gasteiger partial charge in [0.15, 0.2) is 0 Å². The van der Waals surface area contributed by atoms with Gasteiger partial charge in [-0.2, -0.15) is 0 Å². The van der Waals surface area contributed by atoms with E-state index in [0.717, 1.165) is 5.56 Å². The van der Waals surface area contributed by atoms with Gasteiger partial charge in [-0.3, -0.25) is 4.79 Å². The van der Waals surface area contributed by atoms with E-state index in [4.69, 9.17) is 16.7 Å². The Morgan fingerprint density at radius 3 is 2.70 bits per heavy atom. The molecule has 2 N–H and O–H groups in total. The number of carbonyl (C=O) groups excluding carboxylic acids is 1. The molecular formula is C14H19ClN2O3. The average Bonchev–Trinajstić information content (AvgIpc) is 2.41. The lowest BCUT2D eigenvalue weighted by molar-refractivity contribution is -0.141. The molecule has 20 heavy (non-hydrogen) atoms. The Morgan fingerprint density at radius 2 is 2.15 bits per heavy atom. The first-order valence-corrected chi connectivity index (χ1v) is 6.81. The average molecular weight is 299 g/mol. The molecule has 1 aromatic rings. The van der Waals surface area contributed by atoms with Crippen molar-refractivity contribution in [1.29, 1.82) is 0 Å². The largest absolute Gasteiger partial charge is 0.481 e. The maximum Gasteiger partial charge on any atom is 0.317 e. The highest BCUT2D eigenvalue weighted by molar-refractivity contribution is 6.30. The van der Waals surface area contributed by atoms with E-state index in [2.05, 4.69) is 5.32 Å². The number of halogens is 1. The van der Waals surface area contributed by atoms with Gasteiger partial charge >= 0.3 is 12.0 Å². The summed E-state index contributed by atoms with van der Waals surface area (Å²) in [6, 6.07) is 6.94. The number of urea groups is 1. The van der Waals surface area contributed by atoms with Crippen LogP contribution >= 0.6 is 11.6 Å². The predicted octanol–water partition coefficient (Wildman–Crippen LogP) is 2.59. The number of aliphatic carboxylic acids is 1. The van der Waals surface area contributed by atoms with Crippen molar-refractivity contribution in [1.82, 2.24) is 10.2 Å². The van der Waals surface area contributed by atoms with Crippen molar-refractivity contribution in [2.24, 2.45) is 5.92 Å². The van der Waals surface area contributed by atoms with Crippen LogP contribution in [0.1, 0.15) is 19.4 Å². The normalized spacial score (nSPS) is 11.8. The Labute approximate surface area is 123 Å². The molecule has 0 saturated carbocycles.